The van der Waals surface area contributed by atoms with Gasteiger partial charge in [0, 0.05) is 5.39 Å². The third kappa shape index (κ3) is 4.40. The van der Waals surface area contributed by atoms with Gasteiger partial charge in [-0.1, -0.05) is 68.5 Å². The van der Waals surface area contributed by atoms with E-state index in [1.165, 1.54) is 11.1 Å². The van der Waals surface area contributed by atoms with Crippen LogP contribution in [0.15, 0.2) is 89.5 Å². The molecule has 0 amide bonds. The maximum Gasteiger partial charge on any atom is 0.171 e. The lowest BCUT2D eigenvalue weighted by Crippen LogP contribution is -2.22. The molecule has 0 fully saturated rings. The van der Waals surface area contributed by atoms with Crippen molar-refractivity contribution in [1.82, 2.24) is 0 Å². The Hall–Kier alpha value is -3.33. The van der Waals surface area contributed by atoms with Crippen LogP contribution in [0.25, 0.3) is 16.6 Å². The van der Waals surface area contributed by atoms with Crippen LogP contribution in [0.5, 0.6) is 17.2 Å². The molecule has 0 bridgehead atoms. The number of halogens is 1. The molecule has 3 aromatic carbocycles. The van der Waals surface area contributed by atoms with Gasteiger partial charge in [-0.15, -0.1) is 0 Å². The fraction of sp³-hybridized carbons (Fsp3) is 0.290. The van der Waals surface area contributed by atoms with E-state index in [2.05, 4.69) is 27.4 Å². The van der Waals surface area contributed by atoms with Crippen molar-refractivity contribution >= 4 is 16.6 Å². The number of methoxy groups -OCH3 is 1. The van der Waals surface area contributed by atoms with Crippen molar-refractivity contribution in [3.8, 4) is 17.2 Å². The summed E-state index contributed by atoms with van der Waals surface area (Å²) in [5.74, 6) is 1.20. The molecular formula is C31H33FO2. The van der Waals surface area contributed by atoms with Gasteiger partial charge < -0.3 is 9.47 Å². The summed E-state index contributed by atoms with van der Waals surface area (Å²) in [5, 5.41) is 2.06. The van der Waals surface area contributed by atoms with Crippen molar-refractivity contribution in [2.24, 2.45) is 5.41 Å². The molecule has 4 rings (SSSR count). The minimum absolute atomic E-state index is 0.0234. The molecule has 0 unspecified atom stereocenters. The summed E-state index contributed by atoms with van der Waals surface area (Å²) in [6, 6.07) is 19.2. The Morgan fingerprint density at radius 1 is 0.971 bits per heavy atom. The average Bonchev–Trinajstić information content (AvgIpc) is 2.82. The molecule has 0 aliphatic heterocycles. The Morgan fingerprint density at radius 2 is 1.65 bits per heavy atom. The smallest absolute Gasteiger partial charge is 0.171 e. The normalized spacial score (nSPS) is 16.3. The number of fused-ring (bicyclic) bond motifs is 1. The van der Waals surface area contributed by atoms with Crippen molar-refractivity contribution < 1.29 is 13.9 Å². The molecule has 0 spiro atoms. The Kier molecular flexibility index (Phi) is 6.65. The molecule has 0 radical (unpaired) electrons. The van der Waals surface area contributed by atoms with Crippen LogP contribution >= 0.6 is 0 Å². The van der Waals surface area contributed by atoms with E-state index in [-0.39, 0.29) is 11.2 Å². The highest BCUT2D eigenvalue weighted by Crippen LogP contribution is 2.47. The van der Waals surface area contributed by atoms with Crippen LogP contribution in [-0.4, -0.2) is 7.11 Å². The van der Waals surface area contributed by atoms with Gasteiger partial charge in [0.1, 0.15) is 11.6 Å². The minimum Gasteiger partial charge on any atom is -0.492 e. The molecule has 1 aliphatic carbocycles. The first-order chi connectivity index (χ1) is 16.2. The van der Waals surface area contributed by atoms with Crippen molar-refractivity contribution in [3.63, 3.8) is 0 Å². The van der Waals surface area contributed by atoms with Crippen LogP contribution in [0.4, 0.5) is 4.39 Å². The molecule has 34 heavy (non-hydrogen) atoms. The largest absolute Gasteiger partial charge is 0.492 e. The lowest BCUT2D eigenvalue weighted by Gasteiger charge is -2.36. The van der Waals surface area contributed by atoms with Gasteiger partial charge >= 0.3 is 0 Å². The van der Waals surface area contributed by atoms with Gasteiger partial charge in [-0.3, -0.25) is 0 Å². The Bertz CT molecular complexity index is 1300. The van der Waals surface area contributed by atoms with Crippen LogP contribution < -0.4 is 9.47 Å². The standard InChI is InChI=1S/C31H33FO2/c1-20-12-11-19-31(4,5)28(20)21(2)22(3)29(32)25-16-10-18-27(30(25)33-6)34-26-17-9-14-23-13-7-8-15-24(23)26/h7-10,13-18H,2,11-12,19H2,1,3-6H3/b29-22-. The molecule has 0 atom stereocenters. The van der Waals surface area contributed by atoms with Gasteiger partial charge in [0.15, 0.2) is 11.5 Å². The zero-order valence-electron chi connectivity index (χ0n) is 20.8. The van der Waals surface area contributed by atoms with Crippen LogP contribution in [-0.2, 0) is 0 Å². The van der Waals surface area contributed by atoms with Crippen LogP contribution in [0, 0.1) is 5.41 Å². The molecule has 0 N–H and O–H groups in total. The highest BCUT2D eigenvalue weighted by molar-refractivity contribution is 5.88. The van der Waals surface area contributed by atoms with E-state index >= 15 is 4.39 Å². The van der Waals surface area contributed by atoms with E-state index in [1.54, 1.807) is 32.2 Å². The second kappa shape index (κ2) is 9.50. The number of ether oxygens (including phenoxy) is 2. The molecule has 1 aliphatic rings. The van der Waals surface area contributed by atoms with E-state index in [0.29, 0.717) is 28.4 Å². The van der Waals surface area contributed by atoms with Crippen LogP contribution in [0.1, 0.15) is 52.5 Å². The van der Waals surface area contributed by atoms with Crippen molar-refractivity contribution in [1.29, 1.82) is 0 Å². The number of allylic oxidation sites excluding steroid dienone is 4. The molecule has 3 aromatic rings. The van der Waals surface area contributed by atoms with Crippen molar-refractivity contribution in [2.45, 2.75) is 47.0 Å². The van der Waals surface area contributed by atoms with E-state index in [0.717, 1.165) is 35.6 Å². The summed E-state index contributed by atoms with van der Waals surface area (Å²) in [5.41, 5.74) is 4.12. The van der Waals surface area contributed by atoms with E-state index in [4.69, 9.17) is 9.47 Å². The van der Waals surface area contributed by atoms with E-state index in [9.17, 15) is 0 Å². The quantitative estimate of drug-likeness (QED) is 0.344. The lowest BCUT2D eigenvalue weighted by atomic mass is 9.69. The van der Waals surface area contributed by atoms with E-state index < -0.39 is 0 Å². The van der Waals surface area contributed by atoms with Crippen molar-refractivity contribution in [3.05, 3.63) is 95.1 Å². The molecule has 0 aromatic heterocycles. The molecular weight excluding hydrogens is 423 g/mol. The van der Waals surface area contributed by atoms with Gasteiger partial charge in [0.05, 0.1) is 12.7 Å². The predicted molar refractivity (Wildman–Crippen MR) is 140 cm³/mol. The van der Waals surface area contributed by atoms with Gasteiger partial charge in [-0.05, 0) is 78.8 Å². The molecule has 0 saturated heterocycles. The van der Waals surface area contributed by atoms with Crippen LogP contribution in [0.3, 0.4) is 0 Å². The van der Waals surface area contributed by atoms with Gasteiger partial charge in [0.2, 0.25) is 0 Å². The highest BCUT2D eigenvalue weighted by Gasteiger charge is 2.31. The zero-order chi connectivity index (χ0) is 24.5. The second-order valence-corrected chi connectivity index (χ2v) is 9.73. The summed E-state index contributed by atoms with van der Waals surface area (Å²) < 4.78 is 27.9. The maximum absolute atomic E-state index is 16.0. The third-order valence-electron chi connectivity index (χ3n) is 6.93. The predicted octanol–water partition coefficient (Wildman–Crippen LogP) is 9.42. The summed E-state index contributed by atoms with van der Waals surface area (Å²) in [7, 11) is 1.54. The van der Waals surface area contributed by atoms with Gasteiger partial charge in [-0.25, -0.2) is 4.39 Å². The number of hydrogen-bond donors (Lipinski definition) is 0. The number of benzene rings is 3. The van der Waals surface area contributed by atoms with Gasteiger partial charge in [0.25, 0.3) is 0 Å². The molecule has 2 nitrogen and oxygen atoms in total. The molecule has 0 heterocycles. The maximum atomic E-state index is 16.0. The van der Waals surface area contributed by atoms with E-state index in [1.807, 2.05) is 42.5 Å². The summed E-state index contributed by atoms with van der Waals surface area (Å²) in [4.78, 5) is 0. The first kappa shape index (κ1) is 23.8. The van der Waals surface area contributed by atoms with Crippen LogP contribution in [0.2, 0.25) is 0 Å². The second-order valence-electron chi connectivity index (χ2n) is 9.73. The monoisotopic (exact) mass is 456 g/mol. The van der Waals surface area contributed by atoms with Gasteiger partial charge in [-0.2, -0.15) is 0 Å². The Morgan fingerprint density at radius 3 is 2.38 bits per heavy atom. The average molecular weight is 457 g/mol. The number of rotatable bonds is 6. The molecule has 0 saturated carbocycles. The first-order valence-electron chi connectivity index (χ1n) is 11.8. The number of hydrogen-bond acceptors (Lipinski definition) is 2. The lowest BCUT2D eigenvalue weighted by molar-refractivity contribution is 0.373. The number of para-hydroxylation sites is 1. The first-order valence-corrected chi connectivity index (χ1v) is 11.8. The summed E-state index contributed by atoms with van der Waals surface area (Å²) >= 11 is 0. The fourth-order valence-corrected chi connectivity index (χ4v) is 5.19. The fourth-order valence-electron chi connectivity index (χ4n) is 5.19. The zero-order valence-corrected chi connectivity index (χ0v) is 20.8. The topological polar surface area (TPSA) is 18.5 Å². The summed E-state index contributed by atoms with van der Waals surface area (Å²) in [6.45, 7) is 12.7. The summed E-state index contributed by atoms with van der Waals surface area (Å²) in [6.07, 6.45) is 3.26. The molecule has 176 valence electrons. The van der Waals surface area contributed by atoms with Crippen molar-refractivity contribution in [2.75, 3.05) is 7.11 Å². The minimum atomic E-state index is -0.341. The SMILES string of the molecule is C=C(C1=C(C)CCCC1(C)C)/C(C)=C(\F)c1cccc(Oc2cccc3ccccc23)c1OC. The highest BCUT2D eigenvalue weighted by atomic mass is 19.1. The molecule has 3 heteroatoms. The Balaban J connectivity index is 1.76. The third-order valence-corrected chi connectivity index (χ3v) is 6.93. The Labute approximate surface area is 202 Å².